The summed E-state index contributed by atoms with van der Waals surface area (Å²) in [6.07, 6.45) is 8.03. The first-order valence-electron chi connectivity index (χ1n) is 6.36. The molecule has 3 nitrogen and oxygen atoms in total. The molecular weight excluding hydrogens is 276 g/mol. The van der Waals surface area contributed by atoms with Gasteiger partial charge in [0.15, 0.2) is 0 Å². The molecule has 0 saturated heterocycles. The molecule has 1 aromatic carbocycles. The van der Waals surface area contributed by atoms with E-state index in [4.69, 9.17) is 21.1 Å². The standard InChI is InChI=1S/C16H17ClO3/c1-19-15(18)11-13-5-3-4-10-16(13,20-2)12-6-8-14(17)9-7-12/h3-10,13H,11H2,1-2H3. The van der Waals surface area contributed by atoms with Crippen LogP contribution in [-0.2, 0) is 19.9 Å². The van der Waals surface area contributed by atoms with E-state index in [1.807, 2.05) is 48.6 Å². The molecule has 0 fully saturated rings. The number of carbonyl (C=O) groups excluding carboxylic acids is 1. The fourth-order valence-corrected chi connectivity index (χ4v) is 2.63. The van der Waals surface area contributed by atoms with Gasteiger partial charge in [-0.3, -0.25) is 4.79 Å². The summed E-state index contributed by atoms with van der Waals surface area (Å²) in [6, 6.07) is 7.47. The van der Waals surface area contributed by atoms with Gasteiger partial charge in [0.2, 0.25) is 0 Å². The SMILES string of the molecule is COC(=O)CC1C=CC=CC1(OC)c1ccc(Cl)cc1. The maximum absolute atomic E-state index is 11.6. The number of benzene rings is 1. The van der Waals surface area contributed by atoms with Crippen LogP contribution in [0.5, 0.6) is 0 Å². The van der Waals surface area contributed by atoms with Crippen molar-refractivity contribution in [2.45, 2.75) is 12.0 Å². The highest BCUT2D eigenvalue weighted by Crippen LogP contribution is 2.40. The average molecular weight is 293 g/mol. The Kier molecular flexibility index (Phi) is 4.63. The van der Waals surface area contributed by atoms with Gasteiger partial charge in [-0.2, -0.15) is 0 Å². The highest BCUT2D eigenvalue weighted by Gasteiger charge is 2.39. The van der Waals surface area contributed by atoms with Gasteiger partial charge >= 0.3 is 5.97 Å². The molecule has 106 valence electrons. The van der Waals surface area contributed by atoms with E-state index in [1.165, 1.54) is 7.11 Å². The summed E-state index contributed by atoms with van der Waals surface area (Å²) in [5, 5.41) is 0.667. The Balaban J connectivity index is 2.39. The Morgan fingerprint density at radius 1 is 1.25 bits per heavy atom. The first-order valence-corrected chi connectivity index (χ1v) is 6.74. The van der Waals surface area contributed by atoms with Crippen LogP contribution in [0.15, 0.2) is 48.6 Å². The summed E-state index contributed by atoms with van der Waals surface area (Å²) in [5.74, 6) is -0.378. The molecule has 1 aromatic rings. The zero-order chi connectivity index (χ0) is 14.6. The molecule has 0 aromatic heterocycles. The van der Waals surface area contributed by atoms with Gasteiger partial charge in [0, 0.05) is 18.1 Å². The van der Waals surface area contributed by atoms with E-state index >= 15 is 0 Å². The van der Waals surface area contributed by atoms with Gasteiger partial charge in [0.05, 0.1) is 13.5 Å². The van der Waals surface area contributed by atoms with E-state index < -0.39 is 5.60 Å². The number of hydrogen-bond acceptors (Lipinski definition) is 3. The molecule has 4 heteroatoms. The fraction of sp³-hybridized carbons (Fsp3) is 0.312. The number of hydrogen-bond donors (Lipinski definition) is 0. The van der Waals surface area contributed by atoms with Gasteiger partial charge in [-0.05, 0) is 23.8 Å². The van der Waals surface area contributed by atoms with E-state index in [-0.39, 0.29) is 18.3 Å². The van der Waals surface area contributed by atoms with Gasteiger partial charge in [0.1, 0.15) is 5.60 Å². The minimum atomic E-state index is -0.673. The van der Waals surface area contributed by atoms with E-state index in [1.54, 1.807) is 7.11 Å². The Morgan fingerprint density at radius 2 is 1.95 bits per heavy atom. The minimum absolute atomic E-state index is 0.119. The quantitative estimate of drug-likeness (QED) is 0.797. The van der Waals surface area contributed by atoms with Crippen molar-refractivity contribution in [3.8, 4) is 0 Å². The van der Waals surface area contributed by atoms with Gasteiger partial charge in [0.25, 0.3) is 0 Å². The average Bonchev–Trinajstić information content (AvgIpc) is 2.48. The lowest BCUT2D eigenvalue weighted by Crippen LogP contribution is -2.37. The summed E-state index contributed by atoms with van der Waals surface area (Å²) in [6.45, 7) is 0. The summed E-state index contributed by atoms with van der Waals surface area (Å²) in [7, 11) is 3.03. The third-order valence-electron chi connectivity index (χ3n) is 3.60. The third-order valence-corrected chi connectivity index (χ3v) is 3.85. The topological polar surface area (TPSA) is 35.5 Å². The molecule has 1 aliphatic rings. The van der Waals surface area contributed by atoms with Crippen molar-refractivity contribution < 1.29 is 14.3 Å². The van der Waals surface area contributed by atoms with Gasteiger partial charge < -0.3 is 9.47 Å². The molecule has 0 radical (unpaired) electrons. The summed E-state index contributed by atoms with van der Waals surface area (Å²) in [4.78, 5) is 11.6. The summed E-state index contributed by atoms with van der Waals surface area (Å²) < 4.78 is 10.5. The number of ether oxygens (including phenoxy) is 2. The van der Waals surface area contributed by atoms with E-state index in [2.05, 4.69) is 0 Å². The van der Waals surface area contributed by atoms with Crippen LogP contribution in [0.1, 0.15) is 12.0 Å². The molecule has 0 aliphatic heterocycles. The van der Waals surface area contributed by atoms with Crippen molar-refractivity contribution >= 4 is 17.6 Å². The van der Waals surface area contributed by atoms with Crippen molar-refractivity contribution in [1.82, 2.24) is 0 Å². The van der Waals surface area contributed by atoms with Crippen LogP contribution in [0.4, 0.5) is 0 Å². The van der Waals surface area contributed by atoms with Crippen molar-refractivity contribution in [2.75, 3.05) is 14.2 Å². The van der Waals surface area contributed by atoms with Gasteiger partial charge in [-0.25, -0.2) is 0 Å². The lowest BCUT2D eigenvalue weighted by atomic mass is 9.76. The van der Waals surface area contributed by atoms with E-state index in [0.29, 0.717) is 5.02 Å². The van der Waals surface area contributed by atoms with Crippen LogP contribution in [0, 0.1) is 5.92 Å². The maximum Gasteiger partial charge on any atom is 0.306 e. The van der Waals surface area contributed by atoms with Gasteiger partial charge in [-0.1, -0.05) is 42.0 Å². The van der Waals surface area contributed by atoms with Crippen LogP contribution in [0.3, 0.4) is 0 Å². The Bertz CT molecular complexity index is 533. The molecule has 2 rings (SSSR count). The number of rotatable bonds is 4. The molecule has 0 amide bonds. The second-order valence-electron chi connectivity index (χ2n) is 4.63. The lowest BCUT2D eigenvalue weighted by molar-refractivity contribution is -0.143. The maximum atomic E-state index is 11.6. The van der Waals surface area contributed by atoms with E-state index in [0.717, 1.165) is 5.56 Å². The normalized spacial score (nSPS) is 24.6. The minimum Gasteiger partial charge on any atom is -0.469 e. The molecule has 0 bridgehead atoms. The second-order valence-corrected chi connectivity index (χ2v) is 5.07. The first kappa shape index (κ1) is 14.8. The first-order chi connectivity index (χ1) is 9.62. The highest BCUT2D eigenvalue weighted by molar-refractivity contribution is 6.30. The van der Waals surface area contributed by atoms with Crippen LogP contribution in [-0.4, -0.2) is 20.2 Å². The van der Waals surface area contributed by atoms with Crippen LogP contribution in [0.25, 0.3) is 0 Å². The molecule has 0 heterocycles. The van der Waals surface area contributed by atoms with Crippen molar-refractivity contribution in [3.05, 3.63) is 59.2 Å². The lowest BCUT2D eigenvalue weighted by Gasteiger charge is -2.37. The highest BCUT2D eigenvalue weighted by atomic mass is 35.5. The smallest absolute Gasteiger partial charge is 0.306 e. The molecule has 0 N–H and O–H groups in total. The molecule has 1 aliphatic carbocycles. The number of carbonyl (C=O) groups is 1. The number of halogens is 1. The second kappa shape index (κ2) is 6.25. The van der Waals surface area contributed by atoms with Crippen molar-refractivity contribution in [1.29, 1.82) is 0 Å². The Morgan fingerprint density at radius 3 is 2.55 bits per heavy atom. The summed E-state index contributed by atoms with van der Waals surface area (Å²) in [5.41, 5.74) is 0.284. The zero-order valence-corrected chi connectivity index (χ0v) is 12.3. The molecule has 20 heavy (non-hydrogen) atoms. The number of allylic oxidation sites excluding steroid dienone is 2. The molecule has 2 unspecified atom stereocenters. The largest absolute Gasteiger partial charge is 0.469 e. The molecule has 0 spiro atoms. The number of esters is 1. The predicted molar refractivity (Wildman–Crippen MR) is 78.5 cm³/mol. The monoisotopic (exact) mass is 292 g/mol. The molecular formula is C16H17ClO3. The predicted octanol–water partition coefficient (Wildman–Crippen LogP) is 3.49. The Labute approximate surface area is 123 Å². The fourth-order valence-electron chi connectivity index (χ4n) is 2.50. The summed E-state index contributed by atoms with van der Waals surface area (Å²) >= 11 is 5.94. The Hall–Kier alpha value is -1.58. The molecule has 2 atom stereocenters. The van der Waals surface area contributed by atoms with Crippen LogP contribution < -0.4 is 0 Å². The van der Waals surface area contributed by atoms with Crippen molar-refractivity contribution in [2.24, 2.45) is 5.92 Å². The van der Waals surface area contributed by atoms with Gasteiger partial charge in [-0.15, -0.1) is 0 Å². The zero-order valence-electron chi connectivity index (χ0n) is 11.5. The van der Waals surface area contributed by atoms with Crippen LogP contribution in [0.2, 0.25) is 5.02 Å². The third kappa shape index (κ3) is 2.79. The van der Waals surface area contributed by atoms with Crippen LogP contribution >= 0.6 is 11.6 Å². The van der Waals surface area contributed by atoms with E-state index in [9.17, 15) is 4.79 Å². The number of methoxy groups -OCH3 is 2. The van der Waals surface area contributed by atoms with Crippen molar-refractivity contribution in [3.63, 3.8) is 0 Å². The molecule has 0 saturated carbocycles.